The summed E-state index contributed by atoms with van der Waals surface area (Å²) >= 11 is 6.34. The molecule has 1 aliphatic rings. The van der Waals surface area contributed by atoms with E-state index in [0.29, 0.717) is 11.1 Å². The first-order valence-corrected chi connectivity index (χ1v) is 8.05. The number of carbonyl (C=O) groups is 2. The minimum atomic E-state index is -0.439. The maximum Gasteiger partial charge on any atom is 0.339 e. The number of cyclic esters (lactones) is 1. The summed E-state index contributed by atoms with van der Waals surface area (Å²) in [6.45, 7) is 2.10. The molecule has 0 saturated carbocycles. The van der Waals surface area contributed by atoms with Crippen LogP contribution >= 0.6 is 31.9 Å². The molecule has 1 aromatic carbocycles. The van der Waals surface area contributed by atoms with Crippen molar-refractivity contribution in [3.05, 3.63) is 34.9 Å². The van der Waals surface area contributed by atoms with Crippen LogP contribution in [0.15, 0.2) is 18.2 Å². The molecule has 0 aromatic heterocycles. The fraction of sp³-hybridized carbons (Fsp3) is 0.429. The van der Waals surface area contributed by atoms with E-state index in [1.54, 1.807) is 12.1 Å². The highest BCUT2D eigenvalue weighted by molar-refractivity contribution is 9.25. The van der Waals surface area contributed by atoms with E-state index in [4.69, 9.17) is 4.74 Å². The summed E-state index contributed by atoms with van der Waals surface area (Å²) < 4.78 is 4.92. The number of fused-ring (bicyclic) bond motifs is 1. The van der Waals surface area contributed by atoms with Crippen LogP contribution in [0.2, 0.25) is 0 Å². The summed E-state index contributed by atoms with van der Waals surface area (Å²) in [7, 11) is 0. The van der Waals surface area contributed by atoms with E-state index in [2.05, 4.69) is 38.8 Å². The van der Waals surface area contributed by atoms with Crippen LogP contribution in [0.3, 0.4) is 0 Å². The van der Waals surface area contributed by atoms with Crippen LogP contribution in [0.1, 0.15) is 58.6 Å². The molecule has 0 aliphatic carbocycles. The SMILES string of the molecule is CCCCC1OC(=O)c2cc(C(=O)C(Br)Br)ccc21. The predicted molar refractivity (Wildman–Crippen MR) is 80.1 cm³/mol. The van der Waals surface area contributed by atoms with Gasteiger partial charge in [0.05, 0.1) is 5.56 Å². The van der Waals surface area contributed by atoms with Gasteiger partial charge in [-0.1, -0.05) is 57.3 Å². The van der Waals surface area contributed by atoms with Crippen molar-refractivity contribution in [2.45, 2.75) is 36.0 Å². The maximum absolute atomic E-state index is 11.9. The Morgan fingerprint density at radius 2 is 2.16 bits per heavy atom. The van der Waals surface area contributed by atoms with Gasteiger partial charge in [-0.25, -0.2) is 4.79 Å². The van der Waals surface area contributed by atoms with Crippen molar-refractivity contribution in [2.75, 3.05) is 0 Å². The standard InChI is InChI=1S/C14H14Br2O3/c1-2-3-4-11-9-6-5-8(12(17)13(15)16)7-10(9)14(18)19-11/h5-7,11,13H,2-4H2,1H3. The molecule has 0 spiro atoms. The number of halogens is 2. The minimum absolute atomic E-state index is 0.104. The number of Topliss-reactive ketones (excluding diaryl/α,β-unsaturated/α-hetero) is 1. The number of alkyl halides is 2. The highest BCUT2D eigenvalue weighted by Crippen LogP contribution is 2.35. The normalized spacial score (nSPS) is 17.5. The number of hydrogen-bond acceptors (Lipinski definition) is 3. The van der Waals surface area contributed by atoms with Gasteiger partial charge in [0.15, 0.2) is 5.78 Å². The highest BCUT2D eigenvalue weighted by atomic mass is 79.9. The number of hydrogen-bond donors (Lipinski definition) is 0. The third-order valence-electron chi connectivity index (χ3n) is 3.17. The van der Waals surface area contributed by atoms with E-state index in [0.717, 1.165) is 24.8 Å². The summed E-state index contributed by atoms with van der Waals surface area (Å²) in [6, 6.07) is 5.20. The second-order valence-corrected chi connectivity index (χ2v) is 7.56. The smallest absolute Gasteiger partial charge is 0.339 e. The second kappa shape index (κ2) is 6.18. The molecule has 2 rings (SSSR count). The summed E-state index contributed by atoms with van der Waals surface area (Å²) in [5, 5.41) is 0. The first-order valence-electron chi connectivity index (χ1n) is 6.22. The number of rotatable bonds is 5. The maximum atomic E-state index is 11.9. The molecule has 19 heavy (non-hydrogen) atoms. The van der Waals surface area contributed by atoms with E-state index in [-0.39, 0.29) is 17.9 Å². The number of benzene rings is 1. The van der Waals surface area contributed by atoms with Gasteiger partial charge in [-0.15, -0.1) is 0 Å². The third-order valence-corrected chi connectivity index (χ3v) is 4.00. The highest BCUT2D eigenvalue weighted by Gasteiger charge is 2.31. The van der Waals surface area contributed by atoms with Crippen molar-refractivity contribution in [1.82, 2.24) is 0 Å². The molecule has 102 valence electrons. The monoisotopic (exact) mass is 388 g/mol. The molecular weight excluding hydrogens is 376 g/mol. The molecule has 0 radical (unpaired) electrons. The predicted octanol–water partition coefficient (Wildman–Crippen LogP) is 4.39. The fourth-order valence-corrected chi connectivity index (χ4v) is 2.68. The molecule has 3 nitrogen and oxygen atoms in total. The van der Waals surface area contributed by atoms with Crippen molar-refractivity contribution in [2.24, 2.45) is 0 Å². The molecule has 0 amide bonds. The lowest BCUT2D eigenvalue weighted by Gasteiger charge is -2.09. The average Bonchev–Trinajstić information content (AvgIpc) is 2.71. The van der Waals surface area contributed by atoms with Crippen LogP contribution in [0.5, 0.6) is 0 Å². The third kappa shape index (κ3) is 3.08. The molecule has 0 saturated heterocycles. The quantitative estimate of drug-likeness (QED) is 0.426. The largest absolute Gasteiger partial charge is 0.454 e. The molecule has 0 N–H and O–H groups in total. The summed E-state index contributed by atoms with van der Waals surface area (Å²) in [6.07, 6.45) is 2.76. The van der Waals surface area contributed by atoms with E-state index in [9.17, 15) is 9.59 Å². The van der Waals surface area contributed by atoms with E-state index in [1.165, 1.54) is 0 Å². The van der Waals surface area contributed by atoms with Crippen LogP contribution in [0, 0.1) is 0 Å². The molecule has 1 heterocycles. The Morgan fingerprint density at radius 1 is 1.42 bits per heavy atom. The van der Waals surface area contributed by atoms with E-state index in [1.807, 2.05) is 6.07 Å². The zero-order valence-corrected chi connectivity index (χ0v) is 13.7. The van der Waals surface area contributed by atoms with Gasteiger partial charge >= 0.3 is 5.97 Å². The first kappa shape index (κ1) is 14.7. The van der Waals surface area contributed by atoms with Gasteiger partial charge in [-0.05, 0) is 18.9 Å². The summed E-state index contributed by atoms with van der Waals surface area (Å²) in [4.78, 5) is 23.7. The fourth-order valence-electron chi connectivity index (χ4n) is 2.15. The van der Waals surface area contributed by atoms with Gasteiger partial charge in [0.2, 0.25) is 0 Å². The minimum Gasteiger partial charge on any atom is -0.454 e. The van der Waals surface area contributed by atoms with E-state index < -0.39 is 3.74 Å². The van der Waals surface area contributed by atoms with Crippen molar-refractivity contribution in [3.8, 4) is 0 Å². The lowest BCUT2D eigenvalue weighted by molar-refractivity contribution is 0.0364. The number of unbranched alkanes of at least 4 members (excludes halogenated alkanes) is 1. The summed E-state index contributed by atoms with van der Waals surface area (Å²) in [5.41, 5.74) is 1.92. The second-order valence-electron chi connectivity index (χ2n) is 4.50. The Kier molecular flexibility index (Phi) is 4.79. The molecular formula is C14H14Br2O3. The van der Waals surface area contributed by atoms with Crippen molar-refractivity contribution >= 4 is 43.6 Å². The lowest BCUT2D eigenvalue weighted by atomic mass is 9.98. The van der Waals surface area contributed by atoms with Gasteiger partial charge < -0.3 is 4.74 Å². The molecule has 0 fully saturated rings. The average molecular weight is 390 g/mol. The number of ketones is 1. The molecule has 1 aliphatic heterocycles. The zero-order chi connectivity index (χ0) is 14.0. The molecule has 0 bridgehead atoms. The number of esters is 1. The number of carbonyl (C=O) groups excluding carboxylic acids is 2. The zero-order valence-electron chi connectivity index (χ0n) is 10.5. The lowest BCUT2D eigenvalue weighted by Crippen LogP contribution is -2.08. The summed E-state index contributed by atoms with van der Waals surface area (Å²) in [5.74, 6) is -0.431. The molecule has 1 unspecified atom stereocenters. The molecule has 1 atom stereocenters. The van der Waals surface area contributed by atoms with Crippen molar-refractivity contribution < 1.29 is 14.3 Å². The van der Waals surface area contributed by atoms with Crippen LogP contribution in [-0.4, -0.2) is 15.5 Å². The Hall–Kier alpha value is -0.680. The van der Waals surface area contributed by atoms with Crippen LogP contribution in [0.4, 0.5) is 0 Å². The van der Waals surface area contributed by atoms with Crippen LogP contribution in [0.25, 0.3) is 0 Å². The van der Waals surface area contributed by atoms with Crippen LogP contribution in [-0.2, 0) is 4.74 Å². The Labute approximate surface area is 129 Å². The van der Waals surface area contributed by atoms with Gasteiger partial charge in [0.25, 0.3) is 0 Å². The van der Waals surface area contributed by atoms with Gasteiger partial charge in [0, 0.05) is 11.1 Å². The number of ether oxygens (including phenoxy) is 1. The van der Waals surface area contributed by atoms with Crippen LogP contribution < -0.4 is 0 Å². The molecule has 5 heteroatoms. The van der Waals surface area contributed by atoms with Crippen molar-refractivity contribution in [1.29, 1.82) is 0 Å². The Bertz CT molecular complexity index is 511. The van der Waals surface area contributed by atoms with E-state index >= 15 is 0 Å². The Balaban J connectivity index is 2.28. The van der Waals surface area contributed by atoms with Gasteiger partial charge in [-0.3, -0.25) is 4.79 Å². The van der Waals surface area contributed by atoms with Gasteiger partial charge in [-0.2, -0.15) is 0 Å². The van der Waals surface area contributed by atoms with Gasteiger partial charge in [0.1, 0.15) is 9.84 Å². The Morgan fingerprint density at radius 3 is 2.79 bits per heavy atom. The topological polar surface area (TPSA) is 43.4 Å². The van der Waals surface area contributed by atoms with Crippen molar-refractivity contribution in [3.63, 3.8) is 0 Å². The first-order chi connectivity index (χ1) is 9.04. The molecule has 1 aromatic rings.